The number of aliphatic hydroxyl groups is 1. The van der Waals surface area contributed by atoms with Crippen molar-refractivity contribution in [3.8, 4) is 0 Å². The molecule has 2 aromatic carbocycles. The molecule has 2 rings (SSSR count). The third kappa shape index (κ3) is 6.60. The summed E-state index contributed by atoms with van der Waals surface area (Å²) in [5.74, 6) is 0.526. The minimum absolute atomic E-state index is 0. The summed E-state index contributed by atoms with van der Waals surface area (Å²) in [4.78, 5) is 14.5. The number of nitrogens with zero attached hydrogens (tertiary/aromatic N) is 2. The Kier molecular flexibility index (Phi) is 9.60. The number of guanidine groups is 1. The van der Waals surface area contributed by atoms with Crippen LogP contribution >= 0.6 is 24.0 Å². The Morgan fingerprint density at radius 1 is 1.19 bits per heavy atom. The van der Waals surface area contributed by atoms with Crippen LogP contribution in [0.3, 0.4) is 0 Å². The van der Waals surface area contributed by atoms with Crippen molar-refractivity contribution in [2.24, 2.45) is 4.99 Å². The molecule has 0 bridgehead atoms. The van der Waals surface area contributed by atoms with E-state index in [0.29, 0.717) is 19.0 Å². The number of hydrogen-bond donors (Lipinski definition) is 3. The minimum Gasteiger partial charge on any atom is -0.396 e. The second-order valence-electron chi connectivity index (χ2n) is 5.52. The number of aliphatic hydroxyl groups excluding tert-OH is 1. The first-order chi connectivity index (χ1) is 12.1. The molecular formula is C18H23IN4O3. The lowest BCUT2D eigenvalue weighted by molar-refractivity contribution is -0.384. The number of non-ortho nitro benzene ring substituents is 1. The summed E-state index contributed by atoms with van der Waals surface area (Å²) in [7, 11) is 1.65. The normalized spacial score (nSPS) is 12.0. The molecular weight excluding hydrogens is 447 g/mol. The molecule has 0 saturated carbocycles. The van der Waals surface area contributed by atoms with Crippen molar-refractivity contribution in [1.82, 2.24) is 10.6 Å². The van der Waals surface area contributed by atoms with Crippen LogP contribution in [0, 0.1) is 10.1 Å². The molecule has 0 fully saturated rings. The lowest BCUT2D eigenvalue weighted by atomic mass is 10.0. The molecule has 0 saturated heterocycles. The Hall–Kier alpha value is -2.20. The second-order valence-corrected chi connectivity index (χ2v) is 5.52. The summed E-state index contributed by atoms with van der Waals surface area (Å²) in [6, 6.07) is 16.2. The van der Waals surface area contributed by atoms with E-state index in [0.717, 1.165) is 11.1 Å². The van der Waals surface area contributed by atoms with Gasteiger partial charge in [-0.05, 0) is 11.1 Å². The summed E-state index contributed by atoms with van der Waals surface area (Å²) in [6.07, 6.45) is 0. The van der Waals surface area contributed by atoms with Crippen molar-refractivity contribution < 1.29 is 10.0 Å². The first kappa shape index (κ1) is 21.8. The Balaban J connectivity index is 0.00000338. The fraction of sp³-hybridized carbons (Fsp3) is 0.278. The van der Waals surface area contributed by atoms with E-state index in [1.807, 2.05) is 36.4 Å². The number of aliphatic imine (C=N–C) groups is 1. The molecule has 0 aliphatic carbocycles. The maximum Gasteiger partial charge on any atom is 0.269 e. The number of benzene rings is 2. The highest BCUT2D eigenvalue weighted by molar-refractivity contribution is 14.0. The predicted octanol–water partition coefficient (Wildman–Crippen LogP) is 2.65. The number of nitrogens with one attached hydrogen (secondary N) is 2. The standard InChI is InChI=1S/C18H22N4O3.HI/c1-19-18(20-11-14-6-5-9-17(10-14)22(24)25)21-12-16(13-23)15-7-3-2-4-8-15;/h2-10,16,23H,11-13H2,1H3,(H2,19,20,21);1H. The highest BCUT2D eigenvalue weighted by Crippen LogP contribution is 2.14. The maximum absolute atomic E-state index is 10.8. The second kappa shape index (κ2) is 11.4. The SMILES string of the molecule is CN=C(NCc1cccc([N+](=O)[O-])c1)NCC(CO)c1ccccc1.I. The van der Waals surface area contributed by atoms with Gasteiger partial charge in [-0.25, -0.2) is 0 Å². The van der Waals surface area contributed by atoms with E-state index in [1.54, 1.807) is 13.1 Å². The molecule has 0 radical (unpaired) electrons. The lowest BCUT2D eigenvalue weighted by Gasteiger charge is -2.18. The average molecular weight is 470 g/mol. The van der Waals surface area contributed by atoms with Crippen LogP contribution in [-0.4, -0.2) is 36.2 Å². The van der Waals surface area contributed by atoms with Gasteiger partial charge >= 0.3 is 0 Å². The fourth-order valence-electron chi connectivity index (χ4n) is 2.42. The van der Waals surface area contributed by atoms with Crippen LogP contribution in [0.2, 0.25) is 0 Å². The van der Waals surface area contributed by atoms with Crippen molar-refractivity contribution in [3.05, 3.63) is 75.8 Å². The monoisotopic (exact) mass is 470 g/mol. The van der Waals surface area contributed by atoms with E-state index in [1.165, 1.54) is 12.1 Å². The van der Waals surface area contributed by atoms with Crippen LogP contribution in [-0.2, 0) is 6.54 Å². The quantitative estimate of drug-likeness (QED) is 0.190. The number of nitro benzene ring substituents is 1. The van der Waals surface area contributed by atoms with Gasteiger partial charge in [0, 0.05) is 38.2 Å². The Bertz CT molecular complexity index is 725. The van der Waals surface area contributed by atoms with E-state index in [9.17, 15) is 15.2 Å². The molecule has 26 heavy (non-hydrogen) atoms. The van der Waals surface area contributed by atoms with E-state index in [-0.39, 0.29) is 42.2 Å². The Morgan fingerprint density at radius 3 is 2.54 bits per heavy atom. The van der Waals surface area contributed by atoms with Crippen molar-refractivity contribution in [1.29, 1.82) is 0 Å². The van der Waals surface area contributed by atoms with E-state index >= 15 is 0 Å². The van der Waals surface area contributed by atoms with E-state index < -0.39 is 4.92 Å². The average Bonchev–Trinajstić information content (AvgIpc) is 2.65. The van der Waals surface area contributed by atoms with Gasteiger partial charge in [0.25, 0.3) is 5.69 Å². The Morgan fingerprint density at radius 2 is 1.92 bits per heavy atom. The van der Waals surface area contributed by atoms with Crippen molar-refractivity contribution in [2.45, 2.75) is 12.5 Å². The van der Waals surface area contributed by atoms with Crippen molar-refractivity contribution >= 4 is 35.6 Å². The summed E-state index contributed by atoms with van der Waals surface area (Å²) >= 11 is 0. The molecule has 3 N–H and O–H groups in total. The van der Waals surface area contributed by atoms with Crippen LogP contribution < -0.4 is 10.6 Å². The molecule has 0 spiro atoms. The zero-order valence-corrected chi connectivity index (χ0v) is 16.8. The first-order valence-electron chi connectivity index (χ1n) is 7.97. The van der Waals surface area contributed by atoms with Gasteiger partial charge in [0.1, 0.15) is 0 Å². The molecule has 1 atom stereocenters. The maximum atomic E-state index is 10.8. The van der Waals surface area contributed by atoms with Gasteiger partial charge in [0.05, 0.1) is 11.5 Å². The smallest absolute Gasteiger partial charge is 0.269 e. The summed E-state index contributed by atoms with van der Waals surface area (Å²) in [5, 5.41) is 26.7. The van der Waals surface area contributed by atoms with Gasteiger partial charge in [-0.15, -0.1) is 24.0 Å². The van der Waals surface area contributed by atoms with Crippen LogP contribution in [0.15, 0.2) is 59.6 Å². The summed E-state index contributed by atoms with van der Waals surface area (Å²) < 4.78 is 0. The number of nitro groups is 1. The highest BCUT2D eigenvalue weighted by Gasteiger charge is 2.11. The van der Waals surface area contributed by atoms with Crippen molar-refractivity contribution in [2.75, 3.05) is 20.2 Å². The molecule has 2 aromatic rings. The van der Waals surface area contributed by atoms with Gasteiger partial charge in [-0.3, -0.25) is 15.1 Å². The first-order valence-corrected chi connectivity index (χ1v) is 7.97. The topological polar surface area (TPSA) is 99.8 Å². The molecule has 0 aliphatic heterocycles. The third-order valence-electron chi connectivity index (χ3n) is 3.81. The Labute approximate surface area is 169 Å². The highest BCUT2D eigenvalue weighted by atomic mass is 127. The molecule has 1 unspecified atom stereocenters. The zero-order chi connectivity index (χ0) is 18.1. The van der Waals surface area contributed by atoms with E-state index in [4.69, 9.17) is 0 Å². The number of halogens is 1. The van der Waals surface area contributed by atoms with Gasteiger partial charge in [-0.2, -0.15) is 0 Å². The minimum atomic E-state index is -0.414. The molecule has 7 nitrogen and oxygen atoms in total. The molecule has 0 aliphatic rings. The van der Waals surface area contributed by atoms with Crippen molar-refractivity contribution in [3.63, 3.8) is 0 Å². The summed E-state index contributed by atoms with van der Waals surface area (Å²) in [6.45, 7) is 0.963. The van der Waals surface area contributed by atoms with Gasteiger partial charge in [0.2, 0.25) is 0 Å². The third-order valence-corrected chi connectivity index (χ3v) is 3.81. The molecule has 8 heteroatoms. The largest absolute Gasteiger partial charge is 0.396 e. The van der Waals surface area contributed by atoms with Crippen LogP contribution in [0.4, 0.5) is 5.69 Å². The van der Waals surface area contributed by atoms with Crippen LogP contribution in [0.5, 0.6) is 0 Å². The number of hydrogen-bond acceptors (Lipinski definition) is 4. The van der Waals surface area contributed by atoms with Gasteiger partial charge < -0.3 is 15.7 Å². The molecule has 140 valence electrons. The predicted molar refractivity (Wildman–Crippen MR) is 113 cm³/mol. The van der Waals surface area contributed by atoms with Gasteiger partial charge in [-0.1, -0.05) is 42.5 Å². The lowest BCUT2D eigenvalue weighted by Crippen LogP contribution is -2.39. The summed E-state index contributed by atoms with van der Waals surface area (Å²) in [5.41, 5.74) is 1.90. The van der Waals surface area contributed by atoms with Gasteiger partial charge in [0.15, 0.2) is 5.96 Å². The van der Waals surface area contributed by atoms with Crippen LogP contribution in [0.25, 0.3) is 0 Å². The zero-order valence-electron chi connectivity index (χ0n) is 14.5. The van der Waals surface area contributed by atoms with Crippen LogP contribution in [0.1, 0.15) is 17.0 Å². The fourth-order valence-corrected chi connectivity index (χ4v) is 2.42. The van der Waals surface area contributed by atoms with E-state index in [2.05, 4.69) is 15.6 Å². The number of rotatable bonds is 7. The molecule has 0 amide bonds. The molecule has 0 heterocycles. The molecule has 0 aromatic heterocycles.